The maximum Gasteiger partial charge on any atom is 0.433 e. The average Bonchev–Trinajstić information content (AvgIpc) is 2.99. The zero-order valence-corrected chi connectivity index (χ0v) is 15.6. The van der Waals surface area contributed by atoms with Crippen LogP contribution in [0.4, 0.5) is 17.6 Å². The third kappa shape index (κ3) is 5.35. The molecule has 0 saturated carbocycles. The Labute approximate surface area is 164 Å². The second-order valence-corrected chi connectivity index (χ2v) is 6.59. The molecule has 3 heterocycles. The molecule has 0 radical (unpaired) electrons. The summed E-state index contributed by atoms with van der Waals surface area (Å²) in [6.45, 7) is 1.63. The van der Waals surface area contributed by atoms with Gasteiger partial charge in [0.05, 0.1) is 24.0 Å². The van der Waals surface area contributed by atoms with Crippen LogP contribution in [-0.2, 0) is 17.5 Å². The van der Waals surface area contributed by atoms with Crippen molar-refractivity contribution in [2.24, 2.45) is 0 Å². The molecule has 2 aromatic heterocycles. The van der Waals surface area contributed by atoms with Gasteiger partial charge in [0.25, 0.3) is 0 Å². The van der Waals surface area contributed by atoms with Gasteiger partial charge in [-0.2, -0.15) is 13.2 Å². The van der Waals surface area contributed by atoms with Gasteiger partial charge in [0, 0.05) is 24.7 Å². The SMILES string of the molecule is CC1(F)CN[C@H](C(=O)NCc2cc(-c3ccc(C(F)(F)F)nc3)ncn2)C1.Cl. The van der Waals surface area contributed by atoms with Crippen LogP contribution in [-0.4, -0.2) is 39.1 Å². The molecule has 152 valence electrons. The second kappa shape index (κ2) is 8.36. The first-order valence-corrected chi connectivity index (χ1v) is 8.19. The van der Waals surface area contributed by atoms with Crippen LogP contribution < -0.4 is 10.6 Å². The van der Waals surface area contributed by atoms with Gasteiger partial charge in [-0.15, -0.1) is 12.4 Å². The van der Waals surface area contributed by atoms with Crippen LogP contribution >= 0.6 is 12.4 Å². The highest BCUT2D eigenvalue weighted by Gasteiger charge is 2.38. The number of alkyl halides is 4. The van der Waals surface area contributed by atoms with Gasteiger partial charge in [0.1, 0.15) is 17.7 Å². The molecule has 1 aliphatic heterocycles. The number of carbonyl (C=O) groups excluding carboxylic acids is 1. The predicted octanol–water partition coefficient (Wildman–Crippen LogP) is 2.69. The first-order valence-electron chi connectivity index (χ1n) is 8.19. The van der Waals surface area contributed by atoms with Gasteiger partial charge in [-0.1, -0.05) is 0 Å². The third-order valence-electron chi connectivity index (χ3n) is 4.18. The molecular weight excluding hydrogens is 402 g/mol. The lowest BCUT2D eigenvalue weighted by atomic mass is 10.0. The smallest absolute Gasteiger partial charge is 0.349 e. The van der Waals surface area contributed by atoms with E-state index in [-0.39, 0.29) is 37.8 Å². The van der Waals surface area contributed by atoms with Crippen molar-refractivity contribution in [3.05, 3.63) is 42.1 Å². The summed E-state index contributed by atoms with van der Waals surface area (Å²) in [7, 11) is 0. The number of hydrogen-bond donors (Lipinski definition) is 2. The Morgan fingerprint density at radius 3 is 2.64 bits per heavy atom. The van der Waals surface area contributed by atoms with Crippen molar-refractivity contribution in [2.45, 2.75) is 37.8 Å². The van der Waals surface area contributed by atoms with Crippen LogP contribution in [0, 0.1) is 0 Å². The molecule has 1 saturated heterocycles. The predicted molar refractivity (Wildman–Crippen MR) is 95.3 cm³/mol. The standard InChI is InChI=1S/C17H17F4N5O.ClH/c1-16(18)5-13(24-8-16)15(27)23-7-11-4-12(26-9-25-11)10-2-3-14(22-6-10)17(19,20)21;/h2-4,6,9,13,24H,5,7-8H2,1H3,(H,23,27);1H/t13-,16?;/m0./s1. The van der Waals surface area contributed by atoms with Gasteiger partial charge in [0.2, 0.25) is 5.91 Å². The van der Waals surface area contributed by atoms with Crippen molar-refractivity contribution in [1.82, 2.24) is 25.6 Å². The minimum Gasteiger partial charge on any atom is -0.349 e. The van der Waals surface area contributed by atoms with E-state index in [9.17, 15) is 22.4 Å². The van der Waals surface area contributed by atoms with Crippen LogP contribution in [0.2, 0.25) is 0 Å². The first-order chi connectivity index (χ1) is 12.6. The van der Waals surface area contributed by atoms with E-state index in [0.717, 1.165) is 12.3 Å². The van der Waals surface area contributed by atoms with Crippen molar-refractivity contribution < 1.29 is 22.4 Å². The molecule has 2 aromatic rings. The fraction of sp³-hybridized carbons (Fsp3) is 0.412. The van der Waals surface area contributed by atoms with Crippen LogP contribution in [0.3, 0.4) is 0 Å². The normalized spacial score (nSPS) is 21.8. The minimum absolute atomic E-state index is 0. The summed E-state index contributed by atoms with van der Waals surface area (Å²) in [6.07, 6.45) is -2.09. The van der Waals surface area contributed by atoms with Crippen molar-refractivity contribution in [1.29, 1.82) is 0 Å². The topological polar surface area (TPSA) is 79.8 Å². The summed E-state index contributed by atoms with van der Waals surface area (Å²) in [5, 5.41) is 5.48. The van der Waals surface area contributed by atoms with Crippen molar-refractivity contribution in [2.75, 3.05) is 6.54 Å². The fourth-order valence-electron chi connectivity index (χ4n) is 2.76. The highest BCUT2D eigenvalue weighted by atomic mass is 35.5. The fourth-order valence-corrected chi connectivity index (χ4v) is 2.76. The highest BCUT2D eigenvalue weighted by Crippen LogP contribution is 2.28. The third-order valence-corrected chi connectivity index (χ3v) is 4.18. The summed E-state index contributed by atoms with van der Waals surface area (Å²) < 4.78 is 51.5. The van der Waals surface area contributed by atoms with Crippen LogP contribution in [0.5, 0.6) is 0 Å². The highest BCUT2D eigenvalue weighted by molar-refractivity contribution is 5.85. The number of aromatic nitrogens is 3. The first kappa shape index (κ1) is 22.0. The Bertz CT molecular complexity index is 829. The summed E-state index contributed by atoms with van der Waals surface area (Å²) in [5.74, 6) is -0.340. The number of halogens is 5. The largest absolute Gasteiger partial charge is 0.433 e. The lowest BCUT2D eigenvalue weighted by Gasteiger charge is -2.12. The molecular formula is C17H18ClF4N5O. The molecule has 0 aromatic carbocycles. The molecule has 0 bridgehead atoms. The van der Waals surface area contributed by atoms with E-state index in [0.29, 0.717) is 17.0 Å². The number of carbonyl (C=O) groups is 1. The number of pyridine rings is 1. The Morgan fingerprint density at radius 1 is 1.32 bits per heavy atom. The Balaban J connectivity index is 0.00000280. The Morgan fingerprint density at radius 2 is 2.07 bits per heavy atom. The molecule has 2 N–H and O–H groups in total. The lowest BCUT2D eigenvalue weighted by Crippen LogP contribution is -2.40. The second-order valence-electron chi connectivity index (χ2n) is 6.59. The maximum atomic E-state index is 13.8. The molecule has 28 heavy (non-hydrogen) atoms. The number of nitrogens with zero attached hydrogens (tertiary/aromatic N) is 3. The summed E-state index contributed by atoms with van der Waals surface area (Å²) in [6, 6.07) is 3.08. The van der Waals surface area contributed by atoms with E-state index in [2.05, 4.69) is 25.6 Å². The van der Waals surface area contributed by atoms with Crippen LogP contribution in [0.25, 0.3) is 11.3 Å². The zero-order chi connectivity index (χ0) is 19.7. The molecule has 1 aliphatic rings. The molecule has 1 amide bonds. The van der Waals surface area contributed by atoms with E-state index in [1.807, 2.05) is 0 Å². The molecule has 6 nitrogen and oxygen atoms in total. The van der Waals surface area contributed by atoms with Gasteiger partial charge in [-0.3, -0.25) is 9.78 Å². The number of amides is 1. The van der Waals surface area contributed by atoms with Crippen molar-refractivity contribution in [3.63, 3.8) is 0 Å². The molecule has 1 unspecified atom stereocenters. The summed E-state index contributed by atoms with van der Waals surface area (Å²) in [4.78, 5) is 23.5. The quantitative estimate of drug-likeness (QED) is 0.745. The molecule has 0 spiro atoms. The molecule has 1 fully saturated rings. The molecule has 3 rings (SSSR count). The van der Waals surface area contributed by atoms with Gasteiger partial charge < -0.3 is 10.6 Å². The summed E-state index contributed by atoms with van der Waals surface area (Å²) >= 11 is 0. The Hall–Kier alpha value is -2.33. The van der Waals surface area contributed by atoms with Crippen LogP contribution in [0.1, 0.15) is 24.7 Å². The number of hydrogen-bond acceptors (Lipinski definition) is 5. The van der Waals surface area contributed by atoms with E-state index in [4.69, 9.17) is 0 Å². The molecule has 0 aliphatic carbocycles. The average molecular weight is 420 g/mol. The number of rotatable bonds is 4. The van der Waals surface area contributed by atoms with Crippen molar-refractivity contribution in [3.8, 4) is 11.3 Å². The minimum atomic E-state index is -4.51. The molecule has 11 heteroatoms. The summed E-state index contributed by atoms with van der Waals surface area (Å²) in [5.41, 5.74) is -1.17. The van der Waals surface area contributed by atoms with Gasteiger partial charge in [0.15, 0.2) is 0 Å². The maximum absolute atomic E-state index is 13.8. The van der Waals surface area contributed by atoms with Gasteiger partial charge in [-0.25, -0.2) is 14.4 Å². The van der Waals surface area contributed by atoms with E-state index in [1.54, 1.807) is 6.07 Å². The Kier molecular flexibility index (Phi) is 6.56. The number of nitrogens with one attached hydrogen (secondary N) is 2. The lowest BCUT2D eigenvalue weighted by molar-refractivity contribution is -0.141. The van der Waals surface area contributed by atoms with E-state index >= 15 is 0 Å². The monoisotopic (exact) mass is 419 g/mol. The zero-order valence-electron chi connectivity index (χ0n) is 14.8. The van der Waals surface area contributed by atoms with E-state index < -0.39 is 23.6 Å². The van der Waals surface area contributed by atoms with Gasteiger partial charge >= 0.3 is 6.18 Å². The van der Waals surface area contributed by atoms with E-state index in [1.165, 1.54) is 19.3 Å². The molecule has 2 atom stereocenters. The van der Waals surface area contributed by atoms with Gasteiger partial charge in [-0.05, 0) is 25.1 Å². The van der Waals surface area contributed by atoms with Crippen molar-refractivity contribution >= 4 is 18.3 Å². The van der Waals surface area contributed by atoms with Crippen LogP contribution in [0.15, 0.2) is 30.7 Å².